The SMILES string of the molecule is CCCNC(C)(COCCC(C)C)C(=O)OCC. The maximum atomic E-state index is 11.9. The molecule has 0 amide bonds. The Morgan fingerprint density at radius 2 is 2.00 bits per heavy atom. The lowest BCUT2D eigenvalue weighted by atomic mass is 10.0. The summed E-state index contributed by atoms with van der Waals surface area (Å²) >= 11 is 0. The van der Waals surface area contributed by atoms with E-state index in [4.69, 9.17) is 9.47 Å². The van der Waals surface area contributed by atoms with Gasteiger partial charge in [0.25, 0.3) is 0 Å². The van der Waals surface area contributed by atoms with Crippen LogP contribution >= 0.6 is 0 Å². The number of rotatable bonds is 10. The molecule has 0 saturated carbocycles. The van der Waals surface area contributed by atoms with Crippen molar-refractivity contribution in [3.05, 3.63) is 0 Å². The molecular formula is C14H29NO3. The molecule has 0 aromatic heterocycles. The van der Waals surface area contributed by atoms with E-state index in [-0.39, 0.29) is 5.97 Å². The summed E-state index contributed by atoms with van der Waals surface area (Å²) in [5, 5.41) is 3.22. The quantitative estimate of drug-likeness (QED) is 0.483. The smallest absolute Gasteiger partial charge is 0.328 e. The molecule has 0 aliphatic rings. The number of ether oxygens (including phenoxy) is 2. The second kappa shape index (κ2) is 9.34. The zero-order valence-electron chi connectivity index (χ0n) is 12.5. The Kier molecular flexibility index (Phi) is 9.02. The van der Waals surface area contributed by atoms with Gasteiger partial charge in [0.05, 0.1) is 13.2 Å². The summed E-state index contributed by atoms with van der Waals surface area (Å²) in [5.74, 6) is 0.380. The maximum Gasteiger partial charge on any atom is 0.328 e. The van der Waals surface area contributed by atoms with E-state index in [1.165, 1.54) is 0 Å². The van der Waals surface area contributed by atoms with Crippen molar-refractivity contribution < 1.29 is 14.3 Å². The summed E-state index contributed by atoms with van der Waals surface area (Å²) in [7, 11) is 0. The standard InChI is InChI=1S/C14H29NO3/c1-6-9-15-14(5,13(16)18-7-2)11-17-10-8-12(3)4/h12,15H,6-11H2,1-5H3. The Labute approximate surface area is 111 Å². The zero-order valence-corrected chi connectivity index (χ0v) is 12.5. The Balaban J connectivity index is 4.24. The lowest BCUT2D eigenvalue weighted by molar-refractivity contribution is -0.153. The van der Waals surface area contributed by atoms with Crippen LogP contribution in [0.25, 0.3) is 0 Å². The number of carbonyl (C=O) groups excluding carboxylic acids is 1. The molecule has 0 spiro atoms. The summed E-state index contributed by atoms with van der Waals surface area (Å²) in [5.41, 5.74) is -0.733. The molecule has 0 radical (unpaired) electrons. The van der Waals surface area contributed by atoms with Crippen LogP contribution < -0.4 is 5.32 Å². The molecule has 1 unspecified atom stereocenters. The van der Waals surface area contributed by atoms with Crippen LogP contribution in [0.3, 0.4) is 0 Å². The van der Waals surface area contributed by atoms with E-state index in [9.17, 15) is 4.79 Å². The topological polar surface area (TPSA) is 47.6 Å². The number of hydrogen-bond donors (Lipinski definition) is 1. The molecular weight excluding hydrogens is 230 g/mol. The second-order valence-corrected chi connectivity index (χ2v) is 5.21. The van der Waals surface area contributed by atoms with Gasteiger partial charge in [0.15, 0.2) is 0 Å². The van der Waals surface area contributed by atoms with Gasteiger partial charge in [-0.3, -0.25) is 0 Å². The minimum Gasteiger partial charge on any atom is -0.465 e. The first-order valence-electron chi connectivity index (χ1n) is 6.96. The molecule has 0 aromatic rings. The largest absolute Gasteiger partial charge is 0.465 e. The molecule has 0 aliphatic heterocycles. The normalized spacial score (nSPS) is 14.6. The minimum atomic E-state index is -0.733. The van der Waals surface area contributed by atoms with E-state index in [1.54, 1.807) is 0 Å². The minimum absolute atomic E-state index is 0.233. The van der Waals surface area contributed by atoms with Crippen LogP contribution in [-0.2, 0) is 14.3 Å². The number of esters is 1. The highest BCUT2D eigenvalue weighted by Crippen LogP contribution is 2.09. The molecule has 0 heterocycles. The molecule has 4 heteroatoms. The highest BCUT2D eigenvalue weighted by atomic mass is 16.5. The molecule has 4 nitrogen and oxygen atoms in total. The third kappa shape index (κ3) is 6.97. The predicted octanol–water partition coefficient (Wildman–Crippen LogP) is 2.37. The van der Waals surface area contributed by atoms with Gasteiger partial charge in [0.2, 0.25) is 0 Å². The number of nitrogens with one attached hydrogen (secondary N) is 1. The van der Waals surface area contributed by atoms with Crippen molar-refractivity contribution in [3.8, 4) is 0 Å². The van der Waals surface area contributed by atoms with Crippen LogP contribution in [0.15, 0.2) is 0 Å². The van der Waals surface area contributed by atoms with Crippen LogP contribution in [0.5, 0.6) is 0 Å². The molecule has 1 N–H and O–H groups in total. The highest BCUT2D eigenvalue weighted by Gasteiger charge is 2.34. The van der Waals surface area contributed by atoms with E-state index in [0.717, 1.165) is 19.4 Å². The van der Waals surface area contributed by atoms with Crippen molar-refractivity contribution in [2.24, 2.45) is 5.92 Å². The fourth-order valence-electron chi connectivity index (χ4n) is 1.47. The number of carbonyl (C=O) groups is 1. The molecule has 1 atom stereocenters. The van der Waals surface area contributed by atoms with Gasteiger partial charge in [-0.05, 0) is 39.2 Å². The van der Waals surface area contributed by atoms with Gasteiger partial charge in [-0.15, -0.1) is 0 Å². The first-order chi connectivity index (χ1) is 8.46. The first kappa shape index (κ1) is 17.4. The van der Waals surface area contributed by atoms with E-state index >= 15 is 0 Å². The fraction of sp³-hybridized carbons (Fsp3) is 0.929. The fourth-order valence-corrected chi connectivity index (χ4v) is 1.47. The summed E-state index contributed by atoms with van der Waals surface area (Å²) in [6.45, 7) is 12.3. The molecule has 0 aromatic carbocycles. The molecule has 0 bridgehead atoms. The average molecular weight is 259 g/mol. The third-order valence-electron chi connectivity index (χ3n) is 2.72. The maximum absolute atomic E-state index is 11.9. The molecule has 0 fully saturated rings. The lowest BCUT2D eigenvalue weighted by Gasteiger charge is -2.28. The lowest BCUT2D eigenvalue weighted by Crippen LogP contribution is -2.54. The third-order valence-corrected chi connectivity index (χ3v) is 2.72. The Bertz CT molecular complexity index is 231. The average Bonchev–Trinajstić information content (AvgIpc) is 2.32. The summed E-state index contributed by atoms with van der Waals surface area (Å²) in [4.78, 5) is 11.9. The molecule has 108 valence electrons. The Morgan fingerprint density at radius 3 is 2.50 bits per heavy atom. The van der Waals surface area contributed by atoms with Crippen molar-refractivity contribution in [1.29, 1.82) is 0 Å². The highest BCUT2D eigenvalue weighted by molar-refractivity contribution is 5.80. The van der Waals surface area contributed by atoms with Crippen molar-refractivity contribution >= 4 is 5.97 Å². The summed E-state index contributed by atoms with van der Waals surface area (Å²) in [6, 6.07) is 0. The first-order valence-corrected chi connectivity index (χ1v) is 6.96. The monoisotopic (exact) mass is 259 g/mol. The van der Waals surface area contributed by atoms with Crippen LogP contribution in [-0.4, -0.2) is 37.9 Å². The Morgan fingerprint density at radius 1 is 1.33 bits per heavy atom. The van der Waals surface area contributed by atoms with Gasteiger partial charge in [0, 0.05) is 6.61 Å². The van der Waals surface area contributed by atoms with Gasteiger partial charge >= 0.3 is 5.97 Å². The van der Waals surface area contributed by atoms with Crippen molar-refractivity contribution in [3.63, 3.8) is 0 Å². The zero-order chi connectivity index (χ0) is 14.0. The molecule has 0 saturated heterocycles. The van der Waals surface area contributed by atoms with Crippen molar-refractivity contribution in [2.45, 2.75) is 53.0 Å². The van der Waals surface area contributed by atoms with E-state index < -0.39 is 5.54 Å². The summed E-state index contributed by atoms with van der Waals surface area (Å²) in [6.07, 6.45) is 1.98. The molecule has 18 heavy (non-hydrogen) atoms. The Hall–Kier alpha value is -0.610. The van der Waals surface area contributed by atoms with E-state index in [2.05, 4.69) is 26.1 Å². The van der Waals surface area contributed by atoms with Gasteiger partial charge in [-0.2, -0.15) is 0 Å². The van der Waals surface area contributed by atoms with Crippen LogP contribution in [0, 0.1) is 5.92 Å². The van der Waals surface area contributed by atoms with Crippen LogP contribution in [0.2, 0.25) is 0 Å². The van der Waals surface area contributed by atoms with E-state index in [1.807, 2.05) is 13.8 Å². The summed E-state index contributed by atoms with van der Waals surface area (Å²) < 4.78 is 10.7. The predicted molar refractivity (Wildman–Crippen MR) is 73.6 cm³/mol. The second-order valence-electron chi connectivity index (χ2n) is 5.21. The van der Waals surface area contributed by atoms with Crippen LogP contribution in [0.4, 0.5) is 0 Å². The molecule has 0 aliphatic carbocycles. The van der Waals surface area contributed by atoms with Gasteiger partial charge in [-0.25, -0.2) is 4.79 Å². The van der Waals surface area contributed by atoms with Crippen molar-refractivity contribution in [1.82, 2.24) is 5.32 Å². The van der Waals surface area contributed by atoms with Gasteiger partial charge in [0.1, 0.15) is 5.54 Å². The van der Waals surface area contributed by atoms with Crippen molar-refractivity contribution in [2.75, 3.05) is 26.4 Å². The van der Waals surface area contributed by atoms with E-state index in [0.29, 0.717) is 25.7 Å². The number of hydrogen-bond acceptors (Lipinski definition) is 4. The molecule has 0 rings (SSSR count). The van der Waals surface area contributed by atoms with Crippen LogP contribution in [0.1, 0.15) is 47.5 Å². The van der Waals surface area contributed by atoms with Gasteiger partial charge < -0.3 is 14.8 Å². The van der Waals surface area contributed by atoms with Gasteiger partial charge in [-0.1, -0.05) is 20.8 Å².